The van der Waals surface area contributed by atoms with Gasteiger partial charge in [0.1, 0.15) is 5.82 Å². The van der Waals surface area contributed by atoms with E-state index in [1.54, 1.807) is 0 Å². The van der Waals surface area contributed by atoms with Gasteiger partial charge in [-0.15, -0.1) is 0 Å². The molecular formula is C18H33N7O. The van der Waals surface area contributed by atoms with E-state index in [0.29, 0.717) is 6.04 Å². The maximum atomic E-state index is 5.56. The van der Waals surface area contributed by atoms with Crippen LogP contribution >= 0.6 is 0 Å². The molecule has 8 nitrogen and oxygen atoms in total. The van der Waals surface area contributed by atoms with E-state index in [1.165, 1.54) is 0 Å². The van der Waals surface area contributed by atoms with Crippen molar-refractivity contribution in [3.63, 3.8) is 0 Å². The number of likely N-dealkylation sites (N-methyl/N-ethyl adjacent to an activating group) is 1. The first-order chi connectivity index (χ1) is 12.6. The van der Waals surface area contributed by atoms with Crippen molar-refractivity contribution in [2.75, 3.05) is 40.9 Å². The summed E-state index contributed by atoms with van der Waals surface area (Å²) >= 11 is 0. The molecule has 1 unspecified atom stereocenters. The van der Waals surface area contributed by atoms with Crippen LogP contribution in [0.25, 0.3) is 0 Å². The monoisotopic (exact) mass is 363 g/mol. The number of hydrogen-bond donors (Lipinski definition) is 2. The van der Waals surface area contributed by atoms with E-state index in [-0.39, 0.29) is 5.54 Å². The second-order valence-corrected chi connectivity index (χ2v) is 7.52. The average Bonchev–Trinajstić information content (AvgIpc) is 3.08. The third kappa shape index (κ3) is 4.17. The zero-order valence-corrected chi connectivity index (χ0v) is 16.6. The summed E-state index contributed by atoms with van der Waals surface area (Å²) in [7, 11) is 6.14. The minimum atomic E-state index is 0.123. The number of rotatable bonds is 5. The highest BCUT2D eigenvalue weighted by Gasteiger charge is 2.35. The topological polar surface area (TPSA) is 79.6 Å². The molecule has 3 rings (SSSR count). The van der Waals surface area contributed by atoms with Crippen molar-refractivity contribution in [3.8, 4) is 0 Å². The third-order valence-electron chi connectivity index (χ3n) is 5.74. The van der Waals surface area contributed by atoms with Gasteiger partial charge in [-0.3, -0.25) is 4.99 Å². The van der Waals surface area contributed by atoms with Crippen molar-refractivity contribution in [2.45, 2.75) is 57.2 Å². The molecule has 2 aliphatic rings. The second-order valence-electron chi connectivity index (χ2n) is 7.52. The van der Waals surface area contributed by atoms with E-state index in [1.807, 2.05) is 11.7 Å². The van der Waals surface area contributed by atoms with Crippen LogP contribution in [0.1, 0.15) is 37.8 Å². The van der Waals surface area contributed by atoms with Gasteiger partial charge in [-0.2, -0.15) is 5.10 Å². The number of aliphatic imine (C=N–C) groups is 1. The van der Waals surface area contributed by atoms with Crippen LogP contribution in [0.4, 0.5) is 0 Å². The van der Waals surface area contributed by atoms with E-state index in [2.05, 4.69) is 51.6 Å². The lowest BCUT2D eigenvalue weighted by Gasteiger charge is -2.43. The fourth-order valence-electron chi connectivity index (χ4n) is 3.80. The van der Waals surface area contributed by atoms with Crippen molar-refractivity contribution in [2.24, 2.45) is 4.99 Å². The minimum Gasteiger partial charge on any atom is -0.381 e. The first-order valence-corrected chi connectivity index (χ1v) is 9.71. The molecule has 0 bridgehead atoms. The first-order valence-electron chi connectivity index (χ1n) is 9.71. The van der Waals surface area contributed by atoms with E-state index >= 15 is 0 Å². The molecule has 1 aromatic heterocycles. The number of aromatic nitrogens is 3. The fourth-order valence-corrected chi connectivity index (χ4v) is 3.80. The third-order valence-corrected chi connectivity index (χ3v) is 5.74. The molecule has 2 N–H and O–H groups in total. The van der Waals surface area contributed by atoms with E-state index < -0.39 is 0 Å². The molecule has 3 heterocycles. The molecule has 1 saturated heterocycles. The Kier molecular flexibility index (Phi) is 6.13. The number of hydrogen-bond acceptors (Lipinski definition) is 5. The lowest BCUT2D eigenvalue weighted by Crippen LogP contribution is -2.58. The Morgan fingerprint density at radius 2 is 2.15 bits per heavy atom. The van der Waals surface area contributed by atoms with E-state index in [4.69, 9.17) is 4.74 Å². The first kappa shape index (κ1) is 19.1. The number of ether oxygens (including phenoxy) is 1. The van der Waals surface area contributed by atoms with Crippen LogP contribution in [0.5, 0.6) is 0 Å². The molecule has 26 heavy (non-hydrogen) atoms. The van der Waals surface area contributed by atoms with Gasteiger partial charge in [0.25, 0.3) is 0 Å². The summed E-state index contributed by atoms with van der Waals surface area (Å²) in [5, 5.41) is 11.7. The van der Waals surface area contributed by atoms with Crippen LogP contribution in [0.2, 0.25) is 0 Å². The van der Waals surface area contributed by atoms with Crippen LogP contribution in [-0.4, -0.2) is 78.1 Å². The van der Waals surface area contributed by atoms with Crippen LogP contribution in [0.3, 0.4) is 0 Å². The molecule has 1 aromatic rings. The number of guanidine groups is 1. The number of fused-ring (bicyclic) bond motifs is 1. The lowest BCUT2D eigenvalue weighted by molar-refractivity contribution is -0.00503. The Morgan fingerprint density at radius 3 is 2.81 bits per heavy atom. The van der Waals surface area contributed by atoms with E-state index in [9.17, 15) is 0 Å². The van der Waals surface area contributed by atoms with Crippen molar-refractivity contribution in [1.82, 2.24) is 30.3 Å². The lowest BCUT2D eigenvalue weighted by atomic mass is 9.88. The Hall–Kier alpha value is -1.67. The van der Waals surface area contributed by atoms with Gasteiger partial charge >= 0.3 is 0 Å². The fraction of sp³-hybridized carbons (Fsp3) is 0.833. The van der Waals surface area contributed by atoms with Crippen molar-refractivity contribution >= 4 is 5.96 Å². The Bertz CT molecular complexity index is 619. The zero-order chi connectivity index (χ0) is 18.6. The van der Waals surface area contributed by atoms with Crippen LogP contribution in [0, 0.1) is 0 Å². The van der Waals surface area contributed by atoms with E-state index in [0.717, 1.165) is 76.0 Å². The summed E-state index contributed by atoms with van der Waals surface area (Å²) in [6.07, 6.45) is 4.97. The summed E-state index contributed by atoms with van der Waals surface area (Å²) in [4.78, 5) is 11.3. The maximum absolute atomic E-state index is 5.56. The molecule has 0 saturated carbocycles. The molecule has 0 amide bonds. The Labute approximate surface area is 156 Å². The summed E-state index contributed by atoms with van der Waals surface area (Å²) in [6.45, 7) is 5.45. The molecule has 8 heteroatoms. The highest BCUT2D eigenvalue weighted by Crippen LogP contribution is 2.25. The van der Waals surface area contributed by atoms with Gasteiger partial charge in [0.15, 0.2) is 11.8 Å². The summed E-state index contributed by atoms with van der Waals surface area (Å²) in [6, 6.07) is 0.324. The van der Waals surface area contributed by atoms with Crippen LogP contribution in [-0.2, 0) is 24.1 Å². The number of aryl methyl sites for hydroxylation is 2. The maximum Gasteiger partial charge on any atom is 0.191 e. The SMILES string of the molecule is CCc1nc2n(n1)CC(NC(=NC)NCC1(N(C)C)CCOCC1)CC2. The number of nitrogens with one attached hydrogen (secondary N) is 2. The zero-order valence-electron chi connectivity index (χ0n) is 16.6. The van der Waals surface area contributed by atoms with Crippen LogP contribution < -0.4 is 10.6 Å². The highest BCUT2D eigenvalue weighted by atomic mass is 16.5. The minimum absolute atomic E-state index is 0.123. The smallest absolute Gasteiger partial charge is 0.191 e. The van der Waals surface area contributed by atoms with Crippen molar-refractivity contribution in [3.05, 3.63) is 11.6 Å². The van der Waals surface area contributed by atoms with Gasteiger partial charge in [0.05, 0.1) is 6.54 Å². The van der Waals surface area contributed by atoms with Crippen molar-refractivity contribution < 1.29 is 4.74 Å². The molecule has 146 valence electrons. The molecule has 1 fully saturated rings. The Balaban J connectivity index is 1.56. The molecule has 0 spiro atoms. The van der Waals surface area contributed by atoms with Crippen LogP contribution in [0.15, 0.2) is 4.99 Å². The molecule has 0 aliphatic carbocycles. The largest absolute Gasteiger partial charge is 0.381 e. The molecule has 0 radical (unpaired) electrons. The summed E-state index contributed by atoms with van der Waals surface area (Å²) in [5.74, 6) is 2.91. The molecule has 0 aromatic carbocycles. The van der Waals surface area contributed by atoms with Gasteiger partial charge in [-0.25, -0.2) is 9.67 Å². The number of nitrogens with zero attached hydrogens (tertiary/aromatic N) is 5. The second kappa shape index (κ2) is 8.35. The van der Waals surface area contributed by atoms with Gasteiger partial charge < -0.3 is 20.3 Å². The van der Waals surface area contributed by atoms with Gasteiger partial charge in [-0.05, 0) is 33.4 Å². The Morgan fingerprint density at radius 1 is 1.38 bits per heavy atom. The van der Waals surface area contributed by atoms with Crippen molar-refractivity contribution in [1.29, 1.82) is 0 Å². The summed E-state index contributed by atoms with van der Waals surface area (Å²) < 4.78 is 7.61. The molecular weight excluding hydrogens is 330 g/mol. The van der Waals surface area contributed by atoms with Gasteiger partial charge in [0, 0.05) is 51.2 Å². The van der Waals surface area contributed by atoms with Gasteiger partial charge in [-0.1, -0.05) is 6.92 Å². The highest BCUT2D eigenvalue weighted by molar-refractivity contribution is 5.80. The summed E-state index contributed by atoms with van der Waals surface area (Å²) in [5.41, 5.74) is 0.123. The predicted octanol–water partition coefficient (Wildman–Crippen LogP) is 0.431. The quantitative estimate of drug-likeness (QED) is 0.583. The van der Waals surface area contributed by atoms with Gasteiger partial charge in [0.2, 0.25) is 0 Å². The molecule has 1 atom stereocenters. The normalized spacial score (nSPS) is 23.0. The predicted molar refractivity (Wildman–Crippen MR) is 102 cm³/mol. The molecule has 2 aliphatic heterocycles. The standard InChI is InChI=1S/C18H33N7O/c1-5-15-22-16-7-6-14(12-25(16)23-15)21-17(19-2)20-13-18(24(3)4)8-10-26-11-9-18/h14H,5-13H2,1-4H3,(H2,19,20,21). The average molecular weight is 364 g/mol.